The Morgan fingerprint density at radius 1 is 1.50 bits per heavy atom. The molecule has 2 rings (SSSR count). The first-order chi connectivity index (χ1) is 7.70. The lowest BCUT2D eigenvalue weighted by Crippen LogP contribution is -1.92. The minimum Gasteiger partial charge on any atom is -0.329 e. The molecule has 0 bridgehead atoms. The van der Waals surface area contributed by atoms with E-state index in [-0.39, 0.29) is 0 Å². The fourth-order valence-electron chi connectivity index (χ4n) is 1.25. The maximum Gasteiger partial charge on any atom is 0.172 e. The van der Waals surface area contributed by atoms with Crippen molar-refractivity contribution in [3.63, 3.8) is 0 Å². The minimum absolute atomic E-state index is 0.341. The van der Waals surface area contributed by atoms with Gasteiger partial charge in [0.05, 0.1) is 0 Å². The lowest BCUT2D eigenvalue weighted by molar-refractivity contribution is 0.112. The van der Waals surface area contributed by atoms with Crippen molar-refractivity contribution >= 4 is 18.0 Å². The van der Waals surface area contributed by atoms with Gasteiger partial charge in [-0.2, -0.15) is 0 Å². The molecule has 1 heterocycles. The van der Waals surface area contributed by atoms with Crippen LogP contribution in [0.1, 0.15) is 10.4 Å². The smallest absolute Gasteiger partial charge is 0.172 e. The van der Waals surface area contributed by atoms with E-state index in [1.54, 1.807) is 12.3 Å². The van der Waals surface area contributed by atoms with Crippen molar-refractivity contribution in [3.8, 4) is 0 Å². The topological polar surface area (TPSA) is 34.9 Å². The molecule has 5 heteroatoms. The Labute approximate surface area is 96.3 Å². The molecule has 2 aromatic rings. The van der Waals surface area contributed by atoms with Gasteiger partial charge in [-0.1, -0.05) is 11.8 Å². The predicted molar refractivity (Wildman–Crippen MR) is 59.1 cm³/mol. The summed E-state index contributed by atoms with van der Waals surface area (Å²) in [7, 11) is 1.86. The summed E-state index contributed by atoms with van der Waals surface area (Å²) in [5.41, 5.74) is 0.341. The second-order valence-corrected chi connectivity index (χ2v) is 4.23. The highest BCUT2D eigenvalue weighted by atomic mass is 32.2. The van der Waals surface area contributed by atoms with E-state index in [0.717, 1.165) is 5.16 Å². The fraction of sp³-hybridized carbons (Fsp3) is 0.0909. The van der Waals surface area contributed by atoms with Gasteiger partial charge in [0.25, 0.3) is 0 Å². The third-order valence-corrected chi connectivity index (χ3v) is 3.24. The predicted octanol–water partition coefficient (Wildman–Crippen LogP) is 2.52. The van der Waals surface area contributed by atoms with Crippen LogP contribution in [-0.2, 0) is 7.05 Å². The SMILES string of the molecule is Cn1ccnc1Sc1ccc(F)cc1C=O. The van der Waals surface area contributed by atoms with Crippen LogP contribution in [0.3, 0.4) is 0 Å². The molecule has 0 aliphatic rings. The molecule has 0 atom stereocenters. The highest BCUT2D eigenvalue weighted by molar-refractivity contribution is 7.99. The molecule has 0 saturated carbocycles. The number of hydrogen-bond donors (Lipinski definition) is 0. The summed E-state index contributed by atoms with van der Waals surface area (Å²) in [5, 5.41) is 0.759. The largest absolute Gasteiger partial charge is 0.329 e. The highest BCUT2D eigenvalue weighted by Crippen LogP contribution is 2.28. The van der Waals surface area contributed by atoms with Crippen LogP contribution in [0.2, 0.25) is 0 Å². The van der Waals surface area contributed by atoms with Gasteiger partial charge in [0.2, 0.25) is 0 Å². The number of carbonyl (C=O) groups excluding carboxylic acids is 1. The van der Waals surface area contributed by atoms with E-state index in [0.29, 0.717) is 16.7 Å². The maximum atomic E-state index is 12.9. The van der Waals surface area contributed by atoms with Crippen molar-refractivity contribution in [2.24, 2.45) is 7.05 Å². The van der Waals surface area contributed by atoms with Gasteiger partial charge >= 0.3 is 0 Å². The van der Waals surface area contributed by atoms with Gasteiger partial charge in [-0.25, -0.2) is 9.37 Å². The van der Waals surface area contributed by atoms with Crippen LogP contribution in [0.5, 0.6) is 0 Å². The van der Waals surface area contributed by atoms with Crippen LogP contribution in [0.25, 0.3) is 0 Å². The van der Waals surface area contributed by atoms with E-state index in [2.05, 4.69) is 4.98 Å². The van der Waals surface area contributed by atoms with Crippen molar-refractivity contribution in [1.82, 2.24) is 9.55 Å². The Morgan fingerprint density at radius 3 is 2.94 bits per heavy atom. The molecular formula is C11H9FN2OS. The van der Waals surface area contributed by atoms with Gasteiger partial charge in [-0.15, -0.1) is 0 Å². The minimum atomic E-state index is -0.411. The molecule has 0 radical (unpaired) electrons. The number of hydrogen-bond acceptors (Lipinski definition) is 3. The normalized spacial score (nSPS) is 10.4. The quantitative estimate of drug-likeness (QED) is 0.768. The van der Waals surface area contributed by atoms with E-state index < -0.39 is 5.82 Å². The van der Waals surface area contributed by atoms with Crippen LogP contribution in [0.15, 0.2) is 40.6 Å². The molecule has 82 valence electrons. The Balaban J connectivity index is 2.34. The standard InChI is InChI=1S/C11H9FN2OS/c1-14-5-4-13-11(14)16-10-3-2-9(12)6-8(10)7-15/h2-7H,1H3. The highest BCUT2D eigenvalue weighted by Gasteiger charge is 2.08. The second-order valence-electron chi connectivity index (χ2n) is 3.22. The number of rotatable bonds is 3. The van der Waals surface area contributed by atoms with E-state index in [4.69, 9.17) is 0 Å². The van der Waals surface area contributed by atoms with Gasteiger partial charge in [-0.3, -0.25) is 4.79 Å². The Kier molecular flexibility index (Phi) is 3.05. The summed E-state index contributed by atoms with van der Waals surface area (Å²) in [4.78, 5) is 15.6. The number of benzene rings is 1. The molecule has 0 saturated heterocycles. The second kappa shape index (κ2) is 4.49. The molecule has 1 aromatic carbocycles. The summed E-state index contributed by atoms with van der Waals surface area (Å²) in [5.74, 6) is -0.411. The monoisotopic (exact) mass is 236 g/mol. The summed E-state index contributed by atoms with van der Waals surface area (Å²) in [6.07, 6.45) is 4.13. The molecule has 16 heavy (non-hydrogen) atoms. The van der Waals surface area contributed by atoms with Gasteiger partial charge < -0.3 is 4.57 Å². The van der Waals surface area contributed by atoms with E-state index in [9.17, 15) is 9.18 Å². The van der Waals surface area contributed by atoms with Crippen LogP contribution < -0.4 is 0 Å². The van der Waals surface area contributed by atoms with Gasteiger partial charge in [-0.05, 0) is 18.2 Å². The first-order valence-corrected chi connectivity index (χ1v) is 5.42. The number of nitrogens with zero attached hydrogens (tertiary/aromatic N) is 2. The molecule has 0 aliphatic carbocycles. The molecule has 0 N–H and O–H groups in total. The summed E-state index contributed by atoms with van der Waals surface area (Å²) in [6, 6.07) is 4.13. The summed E-state index contributed by atoms with van der Waals surface area (Å²) < 4.78 is 14.7. The molecular weight excluding hydrogens is 227 g/mol. The molecule has 0 unspecified atom stereocenters. The van der Waals surface area contributed by atoms with E-state index in [1.807, 2.05) is 17.8 Å². The molecule has 1 aromatic heterocycles. The van der Waals surface area contributed by atoms with Gasteiger partial charge in [0.1, 0.15) is 5.82 Å². The van der Waals surface area contributed by atoms with Gasteiger partial charge in [0, 0.05) is 29.9 Å². The zero-order valence-electron chi connectivity index (χ0n) is 8.55. The molecule has 0 amide bonds. The van der Waals surface area contributed by atoms with Crippen LogP contribution in [-0.4, -0.2) is 15.8 Å². The number of imidazole rings is 1. The zero-order valence-corrected chi connectivity index (χ0v) is 9.37. The van der Waals surface area contributed by atoms with Crippen molar-refractivity contribution in [2.75, 3.05) is 0 Å². The first-order valence-electron chi connectivity index (χ1n) is 4.60. The molecule has 0 aliphatic heterocycles. The van der Waals surface area contributed by atoms with Crippen molar-refractivity contribution < 1.29 is 9.18 Å². The summed E-state index contributed by atoms with van der Waals surface area (Å²) >= 11 is 1.33. The first kappa shape index (κ1) is 10.9. The van der Waals surface area contributed by atoms with Crippen molar-refractivity contribution in [3.05, 3.63) is 42.0 Å². The van der Waals surface area contributed by atoms with E-state index in [1.165, 1.54) is 23.9 Å². The fourth-order valence-corrected chi connectivity index (χ4v) is 2.13. The Morgan fingerprint density at radius 2 is 2.31 bits per heavy atom. The third-order valence-electron chi connectivity index (χ3n) is 2.08. The van der Waals surface area contributed by atoms with E-state index >= 15 is 0 Å². The molecule has 0 spiro atoms. The number of aromatic nitrogens is 2. The molecule has 0 fully saturated rings. The average molecular weight is 236 g/mol. The van der Waals surface area contributed by atoms with Crippen LogP contribution in [0.4, 0.5) is 4.39 Å². The Bertz CT molecular complexity index is 524. The van der Waals surface area contributed by atoms with Crippen LogP contribution >= 0.6 is 11.8 Å². The van der Waals surface area contributed by atoms with Gasteiger partial charge in [0.15, 0.2) is 11.4 Å². The van der Waals surface area contributed by atoms with Crippen LogP contribution in [0, 0.1) is 5.82 Å². The lowest BCUT2D eigenvalue weighted by Gasteiger charge is -2.04. The number of halogens is 1. The number of aldehydes is 1. The van der Waals surface area contributed by atoms with Crippen molar-refractivity contribution in [1.29, 1.82) is 0 Å². The average Bonchev–Trinajstić information content (AvgIpc) is 2.67. The lowest BCUT2D eigenvalue weighted by atomic mass is 10.2. The molecule has 3 nitrogen and oxygen atoms in total. The number of carbonyl (C=O) groups is 1. The zero-order chi connectivity index (χ0) is 11.5. The van der Waals surface area contributed by atoms with Crippen molar-refractivity contribution in [2.45, 2.75) is 10.1 Å². The Hall–Kier alpha value is -1.62. The maximum absolute atomic E-state index is 12.9. The number of aryl methyl sites for hydroxylation is 1. The summed E-state index contributed by atoms with van der Waals surface area (Å²) in [6.45, 7) is 0. The third kappa shape index (κ3) is 2.14.